The first-order chi connectivity index (χ1) is 6.85. The number of hydrogen-bond acceptors (Lipinski definition) is 2. The molecule has 2 saturated carbocycles. The van der Waals surface area contributed by atoms with E-state index in [0.717, 1.165) is 6.04 Å². The van der Waals surface area contributed by atoms with Gasteiger partial charge in [-0.2, -0.15) is 11.8 Å². The molecule has 2 fully saturated rings. The predicted octanol–water partition coefficient (Wildman–Crippen LogP) is 3.19. The highest BCUT2D eigenvalue weighted by molar-refractivity contribution is 8.00. The molecule has 0 atom stereocenters. The van der Waals surface area contributed by atoms with Crippen molar-refractivity contribution in [3.63, 3.8) is 0 Å². The van der Waals surface area contributed by atoms with E-state index in [9.17, 15) is 0 Å². The van der Waals surface area contributed by atoms with Gasteiger partial charge in [0.25, 0.3) is 0 Å². The molecule has 0 aromatic carbocycles. The Kier molecular flexibility index (Phi) is 3.78. The molecule has 0 unspecified atom stereocenters. The molecule has 2 heteroatoms. The first-order valence-corrected chi connectivity index (χ1v) is 7.36. The highest BCUT2D eigenvalue weighted by atomic mass is 32.2. The summed E-state index contributed by atoms with van der Waals surface area (Å²) >= 11 is 2.10. The summed E-state index contributed by atoms with van der Waals surface area (Å²) in [6, 6.07) is 0.847. The lowest BCUT2D eigenvalue weighted by atomic mass is 10.1. The van der Waals surface area contributed by atoms with Crippen LogP contribution >= 0.6 is 11.8 Å². The van der Waals surface area contributed by atoms with Crippen molar-refractivity contribution in [1.82, 2.24) is 5.32 Å². The van der Waals surface area contributed by atoms with Crippen LogP contribution in [-0.2, 0) is 0 Å². The Morgan fingerprint density at radius 2 is 1.79 bits per heavy atom. The Morgan fingerprint density at radius 1 is 1.14 bits per heavy atom. The molecule has 0 aliphatic heterocycles. The summed E-state index contributed by atoms with van der Waals surface area (Å²) in [5, 5.41) is 3.79. The van der Waals surface area contributed by atoms with Crippen molar-refractivity contribution < 1.29 is 0 Å². The summed E-state index contributed by atoms with van der Waals surface area (Å²) in [6.45, 7) is 1.26. The molecule has 14 heavy (non-hydrogen) atoms. The van der Waals surface area contributed by atoms with Gasteiger partial charge in [0.1, 0.15) is 0 Å². The molecule has 1 nitrogen and oxygen atoms in total. The molecule has 2 rings (SSSR count). The van der Waals surface area contributed by atoms with Crippen LogP contribution in [0.4, 0.5) is 0 Å². The fourth-order valence-electron chi connectivity index (χ4n) is 2.93. The molecule has 1 N–H and O–H groups in total. The largest absolute Gasteiger partial charge is 0.313 e. The van der Waals surface area contributed by atoms with Crippen LogP contribution in [0.2, 0.25) is 0 Å². The van der Waals surface area contributed by atoms with Gasteiger partial charge in [-0.1, -0.05) is 25.7 Å². The average Bonchev–Trinajstić information content (AvgIpc) is 2.87. The summed E-state index contributed by atoms with van der Waals surface area (Å²) in [6.07, 6.45) is 13.8. The first kappa shape index (κ1) is 10.8. The summed E-state index contributed by atoms with van der Waals surface area (Å²) in [5.74, 6) is 0. The molecule has 82 valence electrons. The Hall–Kier alpha value is 0.310. The Morgan fingerprint density at radius 3 is 2.36 bits per heavy atom. The number of thioether (sulfide) groups is 1. The Balaban J connectivity index is 1.76. The monoisotopic (exact) mass is 213 g/mol. The maximum absolute atomic E-state index is 3.79. The molecular weight excluding hydrogens is 190 g/mol. The molecule has 0 aromatic heterocycles. The van der Waals surface area contributed by atoms with E-state index in [1.54, 1.807) is 0 Å². The Bertz CT molecular complexity index is 169. The third kappa shape index (κ3) is 2.46. The zero-order valence-electron chi connectivity index (χ0n) is 9.35. The van der Waals surface area contributed by atoms with Gasteiger partial charge in [-0.05, 0) is 31.9 Å². The van der Waals surface area contributed by atoms with Crippen LogP contribution in [0.1, 0.15) is 51.4 Å². The lowest BCUT2D eigenvalue weighted by Crippen LogP contribution is -2.39. The van der Waals surface area contributed by atoms with Crippen LogP contribution < -0.4 is 5.32 Å². The van der Waals surface area contributed by atoms with Gasteiger partial charge in [0.15, 0.2) is 0 Å². The lowest BCUT2D eigenvalue weighted by Gasteiger charge is -2.28. The standard InChI is InChI=1S/C12H23NS/c1-14-12(8-4-5-9-12)10-13-11-6-2-3-7-11/h11,13H,2-10H2,1H3. The average molecular weight is 213 g/mol. The van der Waals surface area contributed by atoms with Gasteiger partial charge in [0.2, 0.25) is 0 Å². The van der Waals surface area contributed by atoms with Crippen molar-refractivity contribution in [2.45, 2.75) is 62.2 Å². The fraction of sp³-hybridized carbons (Fsp3) is 1.00. The van der Waals surface area contributed by atoms with Crippen molar-refractivity contribution in [3.8, 4) is 0 Å². The van der Waals surface area contributed by atoms with Crippen LogP contribution in [0, 0.1) is 0 Å². The molecule has 0 amide bonds. The van der Waals surface area contributed by atoms with Gasteiger partial charge < -0.3 is 5.32 Å². The summed E-state index contributed by atoms with van der Waals surface area (Å²) in [5.41, 5.74) is 0. The molecule has 0 spiro atoms. The van der Waals surface area contributed by atoms with Crippen molar-refractivity contribution in [3.05, 3.63) is 0 Å². The minimum absolute atomic E-state index is 0.600. The number of rotatable bonds is 4. The van der Waals surface area contributed by atoms with Crippen molar-refractivity contribution in [2.24, 2.45) is 0 Å². The van der Waals surface area contributed by atoms with Crippen molar-refractivity contribution >= 4 is 11.8 Å². The van der Waals surface area contributed by atoms with Gasteiger partial charge >= 0.3 is 0 Å². The first-order valence-electron chi connectivity index (χ1n) is 6.13. The lowest BCUT2D eigenvalue weighted by molar-refractivity contribution is 0.462. The smallest absolute Gasteiger partial charge is 0.0281 e. The molecular formula is C12H23NS. The number of hydrogen-bond donors (Lipinski definition) is 1. The number of nitrogens with one attached hydrogen (secondary N) is 1. The van der Waals surface area contributed by atoms with E-state index in [4.69, 9.17) is 0 Å². The molecule has 0 aromatic rings. The van der Waals surface area contributed by atoms with Crippen LogP contribution in [-0.4, -0.2) is 23.6 Å². The van der Waals surface area contributed by atoms with Gasteiger partial charge in [-0.15, -0.1) is 0 Å². The van der Waals surface area contributed by atoms with Crippen LogP contribution in [0.25, 0.3) is 0 Å². The van der Waals surface area contributed by atoms with E-state index in [1.165, 1.54) is 57.9 Å². The van der Waals surface area contributed by atoms with Gasteiger partial charge in [-0.3, -0.25) is 0 Å². The maximum atomic E-state index is 3.79. The zero-order valence-corrected chi connectivity index (χ0v) is 10.2. The molecule has 2 aliphatic rings. The van der Waals surface area contributed by atoms with Crippen LogP contribution in [0.3, 0.4) is 0 Å². The van der Waals surface area contributed by atoms with Gasteiger partial charge in [-0.25, -0.2) is 0 Å². The van der Waals surface area contributed by atoms with E-state index in [2.05, 4.69) is 23.3 Å². The van der Waals surface area contributed by atoms with Crippen LogP contribution in [0.15, 0.2) is 0 Å². The van der Waals surface area contributed by atoms with Gasteiger partial charge in [0, 0.05) is 17.3 Å². The third-order valence-electron chi connectivity index (χ3n) is 4.02. The third-order valence-corrected chi connectivity index (χ3v) is 5.43. The SMILES string of the molecule is CSC1(CNC2CCCC2)CCCC1. The summed E-state index contributed by atoms with van der Waals surface area (Å²) < 4.78 is 0.600. The van der Waals surface area contributed by atoms with E-state index in [-0.39, 0.29) is 0 Å². The Labute approximate surface area is 92.4 Å². The summed E-state index contributed by atoms with van der Waals surface area (Å²) in [4.78, 5) is 0. The topological polar surface area (TPSA) is 12.0 Å². The molecule has 0 radical (unpaired) electrons. The predicted molar refractivity (Wildman–Crippen MR) is 65.0 cm³/mol. The highest BCUT2D eigenvalue weighted by Crippen LogP contribution is 2.39. The minimum Gasteiger partial charge on any atom is -0.313 e. The normalized spacial score (nSPS) is 27.2. The van der Waals surface area contributed by atoms with E-state index >= 15 is 0 Å². The van der Waals surface area contributed by atoms with E-state index in [1.807, 2.05) is 0 Å². The second kappa shape index (κ2) is 4.89. The highest BCUT2D eigenvalue weighted by Gasteiger charge is 2.33. The minimum atomic E-state index is 0.600. The fourth-order valence-corrected chi connectivity index (χ4v) is 3.86. The molecule has 0 bridgehead atoms. The molecule has 0 heterocycles. The summed E-state index contributed by atoms with van der Waals surface area (Å²) in [7, 11) is 0. The second-order valence-electron chi connectivity index (χ2n) is 4.96. The molecule has 2 aliphatic carbocycles. The van der Waals surface area contributed by atoms with Gasteiger partial charge in [0.05, 0.1) is 0 Å². The second-order valence-corrected chi connectivity index (χ2v) is 6.23. The maximum Gasteiger partial charge on any atom is 0.0281 e. The zero-order chi connectivity index (χ0) is 9.86. The van der Waals surface area contributed by atoms with E-state index in [0.29, 0.717) is 4.75 Å². The van der Waals surface area contributed by atoms with Crippen LogP contribution in [0.5, 0.6) is 0 Å². The van der Waals surface area contributed by atoms with Crippen molar-refractivity contribution in [1.29, 1.82) is 0 Å². The van der Waals surface area contributed by atoms with Crippen molar-refractivity contribution in [2.75, 3.05) is 12.8 Å². The molecule has 0 saturated heterocycles. The quantitative estimate of drug-likeness (QED) is 0.769. The van der Waals surface area contributed by atoms with E-state index < -0.39 is 0 Å².